The number of carbonyl (C=O) groups excluding carboxylic acids is 2. The van der Waals surface area contributed by atoms with Gasteiger partial charge in [0.05, 0.1) is 5.92 Å². The molecule has 0 radical (unpaired) electrons. The van der Waals surface area contributed by atoms with Crippen LogP contribution >= 0.6 is 0 Å². The van der Waals surface area contributed by atoms with Gasteiger partial charge < -0.3 is 29.2 Å². The predicted molar refractivity (Wildman–Crippen MR) is 161 cm³/mol. The van der Waals surface area contributed by atoms with Crippen LogP contribution in [-0.2, 0) is 35.5 Å². The van der Waals surface area contributed by atoms with Crippen molar-refractivity contribution in [2.45, 2.75) is 51.2 Å². The Morgan fingerprint density at radius 1 is 1.05 bits per heavy atom. The summed E-state index contributed by atoms with van der Waals surface area (Å²) in [6.45, 7) is 3.37. The van der Waals surface area contributed by atoms with Crippen molar-refractivity contribution in [2.24, 2.45) is 11.8 Å². The number of hydrogen-bond acceptors (Lipinski definition) is 8. The first-order chi connectivity index (χ1) is 21.3. The number of rotatable bonds is 7. The molecule has 4 aromatic rings. The molecule has 1 saturated heterocycles. The molecule has 0 spiro atoms. The molecule has 4 unspecified atom stereocenters. The lowest BCUT2D eigenvalue weighted by atomic mass is 9.69. The Kier molecular flexibility index (Phi) is 7.11. The summed E-state index contributed by atoms with van der Waals surface area (Å²) in [4.78, 5) is 57.3. The number of aromatic nitrogens is 4. The standard InChI is InChI=1S/C32H33N7O5/c1-19(40)34-22-8-9-25-21(14-22)15-24(31-23-13-20(17-39(25)31)16-38-26(23)5-4-7-30(38)42)32(43)33-11-10-27-35-28(44-36-27)18-37-12-3-2-6-29(37)41/h2-9,12,14,20,23-24,31H,10-11,13,15-18H2,1H3,(H,33,43)(H,34,40). The second-order valence-electron chi connectivity index (χ2n) is 11.9. The van der Waals surface area contributed by atoms with Crippen LogP contribution in [0.4, 0.5) is 11.4 Å². The fraction of sp³-hybridized carbons (Fsp3) is 0.375. The number of hydrogen-bond donors (Lipinski definition) is 2. The summed E-state index contributed by atoms with van der Waals surface area (Å²) in [7, 11) is 0. The van der Waals surface area contributed by atoms with E-state index >= 15 is 0 Å². The van der Waals surface area contributed by atoms with Crippen molar-refractivity contribution in [3.05, 3.63) is 104 Å². The van der Waals surface area contributed by atoms with E-state index in [2.05, 4.69) is 25.7 Å². The van der Waals surface area contributed by atoms with E-state index in [9.17, 15) is 19.2 Å². The van der Waals surface area contributed by atoms with Crippen molar-refractivity contribution >= 4 is 23.2 Å². The minimum atomic E-state index is -0.381. The Balaban J connectivity index is 1.12. The summed E-state index contributed by atoms with van der Waals surface area (Å²) in [5.74, 6) is 0.461. The van der Waals surface area contributed by atoms with Crippen LogP contribution in [0.1, 0.15) is 42.2 Å². The fourth-order valence-electron chi connectivity index (χ4n) is 7.23. The number of amides is 2. The second kappa shape index (κ2) is 11.3. The van der Waals surface area contributed by atoms with Crippen LogP contribution in [0.25, 0.3) is 0 Å². The van der Waals surface area contributed by atoms with Crippen molar-refractivity contribution in [1.29, 1.82) is 0 Å². The summed E-state index contributed by atoms with van der Waals surface area (Å²) < 4.78 is 8.70. The molecule has 2 amide bonds. The molecule has 6 heterocycles. The van der Waals surface area contributed by atoms with E-state index in [1.807, 2.05) is 34.9 Å². The highest BCUT2D eigenvalue weighted by molar-refractivity contribution is 5.89. The summed E-state index contributed by atoms with van der Waals surface area (Å²) in [5, 5.41) is 10.00. The zero-order valence-corrected chi connectivity index (χ0v) is 24.3. The normalized spacial score (nSPS) is 21.5. The number of nitrogens with one attached hydrogen (secondary N) is 2. The zero-order chi connectivity index (χ0) is 30.4. The number of benzene rings is 1. The molecule has 1 aromatic carbocycles. The molecule has 7 rings (SSSR count). The van der Waals surface area contributed by atoms with E-state index in [1.165, 1.54) is 17.6 Å². The van der Waals surface area contributed by atoms with Crippen LogP contribution in [0, 0.1) is 11.8 Å². The lowest BCUT2D eigenvalue weighted by Gasteiger charge is -2.54. The summed E-state index contributed by atoms with van der Waals surface area (Å²) in [6, 6.07) is 16.1. The van der Waals surface area contributed by atoms with Crippen LogP contribution in [0.2, 0.25) is 0 Å². The number of carbonyl (C=O) groups is 2. The molecule has 3 aromatic heterocycles. The van der Waals surface area contributed by atoms with Gasteiger partial charge in [-0.3, -0.25) is 19.2 Å². The van der Waals surface area contributed by atoms with Gasteiger partial charge in [-0.05, 0) is 54.7 Å². The number of fused-ring (bicyclic) bond motifs is 8. The Morgan fingerprint density at radius 3 is 2.75 bits per heavy atom. The third-order valence-electron chi connectivity index (χ3n) is 8.98. The van der Waals surface area contributed by atoms with E-state index in [4.69, 9.17) is 4.52 Å². The quantitative estimate of drug-likeness (QED) is 0.330. The average Bonchev–Trinajstić information content (AvgIpc) is 3.45. The molecule has 12 heteroatoms. The molecule has 0 saturated carbocycles. The number of nitrogens with zero attached hydrogens (tertiary/aromatic N) is 5. The maximum absolute atomic E-state index is 14.0. The van der Waals surface area contributed by atoms with Crippen LogP contribution < -0.4 is 26.7 Å². The molecule has 226 valence electrons. The highest BCUT2D eigenvalue weighted by atomic mass is 16.5. The average molecular weight is 596 g/mol. The third-order valence-corrected chi connectivity index (χ3v) is 8.98. The van der Waals surface area contributed by atoms with Crippen molar-refractivity contribution in [3.63, 3.8) is 0 Å². The van der Waals surface area contributed by atoms with Gasteiger partial charge in [0, 0.05) is 80.3 Å². The van der Waals surface area contributed by atoms with Crippen molar-refractivity contribution in [2.75, 3.05) is 23.3 Å². The van der Waals surface area contributed by atoms with Crippen LogP contribution in [0.15, 0.2) is 74.9 Å². The maximum Gasteiger partial charge on any atom is 0.250 e. The Morgan fingerprint density at radius 2 is 1.91 bits per heavy atom. The molecule has 0 aliphatic carbocycles. The lowest BCUT2D eigenvalue weighted by molar-refractivity contribution is -0.126. The number of anilines is 2. The summed E-state index contributed by atoms with van der Waals surface area (Å²) in [6.07, 6.45) is 3.45. The first-order valence-corrected chi connectivity index (χ1v) is 15.0. The topological polar surface area (TPSA) is 144 Å². The van der Waals surface area contributed by atoms with Gasteiger partial charge in [-0.2, -0.15) is 4.98 Å². The van der Waals surface area contributed by atoms with Crippen molar-refractivity contribution in [1.82, 2.24) is 24.6 Å². The monoisotopic (exact) mass is 595 g/mol. The van der Waals surface area contributed by atoms with Crippen molar-refractivity contribution < 1.29 is 14.1 Å². The molecule has 3 aliphatic heterocycles. The van der Waals surface area contributed by atoms with Gasteiger partial charge in [-0.15, -0.1) is 0 Å². The van der Waals surface area contributed by atoms with Crippen LogP contribution in [-0.4, -0.2) is 50.2 Å². The van der Waals surface area contributed by atoms with E-state index in [0.717, 1.165) is 29.9 Å². The molecule has 12 nitrogen and oxygen atoms in total. The number of piperidine rings is 1. The van der Waals surface area contributed by atoms with Crippen LogP contribution in [0.5, 0.6) is 0 Å². The van der Waals surface area contributed by atoms with Crippen molar-refractivity contribution in [3.8, 4) is 0 Å². The smallest absolute Gasteiger partial charge is 0.250 e. The lowest BCUT2D eigenvalue weighted by Crippen LogP contribution is -2.60. The highest BCUT2D eigenvalue weighted by Crippen LogP contribution is 2.48. The Hall–Kier alpha value is -5.00. The van der Waals surface area contributed by atoms with E-state index in [-0.39, 0.29) is 53.3 Å². The van der Waals surface area contributed by atoms with Gasteiger partial charge in [0.2, 0.25) is 17.7 Å². The minimum Gasteiger partial charge on any atom is -0.366 e. The highest BCUT2D eigenvalue weighted by Gasteiger charge is 2.49. The Labute approximate surface area is 252 Å². The molecule has 1 fully saturated rings. The van der Waals surface area contributed by atoms with Gasteiger partial charge in [0.15, 0.2) is 5.82 Å². The van der Waals surface area contributed by atoms with Crippen LogP contribution in [0.3, 0.4) is 0 Å². The van der Waals surface area contributed by atoms with Gasteiger partial charge >= 0.3 is 0 Å². The minimum absolute atomic E-state index is 0.000527. The summed E-state index contributed by atoms with van der Waals surface area (Å²) >= 11 is 0. The SMILES string of the molecule is CC(=O)Nc1ccc2c(c1)CC(C(=O)NCCc1noc(Cn3ccccc3=O)n1)C1C3CC(CN21)Cn1c3cccc1=O. The van der Waals surface area contributed by atoms with E-state index < -0.39 is 0 Å². The molecule has 2 N–H and O–H groups in total. The van der Waals surface area contributed by atoms with Gasteiger partial charge in [-0.1, -0.05) is 17.3 Å². The molecular weight excluding hydrogens is 562 g/mol. The molecule has 3 aliphatic rings. The first-order valence-electron chi connectivity index (χ1n) is 15.0. The molecular formula is C32H33N7O5. The zero-order valence-electron chi connectivity index (χ0n) is 24.3. The maximum atomic E-state index is 14.0. The van der Waals surface area contributed by atoms with E-state index in [1.54, 1.807) is 24.4 Å². The van der Waals surface area contributed by atoms with Gasteiger partial charge in [0.1, 0.15) is 6.54 Å². The molecule has 4 atom stereocenters. The Bertz CT molecular complexity index is 1860. The first kappa shape index (κ1) is 27.8. The molecule has 44 heavy (non-hydrogen) atoms. The number of pyridine rings is 2. The summed E-state index contributed by atoms with van der Waals surface area (Å²) in [5.41, 5.74) is 3.61. The molecule has 2 bridgehead atoms. The van der Waals surface area contributed by atoms with E-state index in [0.29, 0.717) is 43.3 Å². The van der Waals surface area contributed by atoms with Gasteiger partial charge in [-0.25, -0.2) is 0 Å². The fourth-order valence-corrected chi connectivity index (χ4v) is 7.23. The van der Waals surface area contributed by atoms with Gasteiger partial charge in [0.25, 0.3) is 11.1 Å². The second-order valence-corrected chi connectivity index (χ2v) is 11.9. The largest absolute Gasteiger partial charge is 0.366 e. The predicted octanol–water partition coefficient (Wildman–Crippen LogP) is 1.92. The third kappa shape index (κ3) is 5.20.